The third kappa shape index (κ3) is 2.22. The highest BCUT2D eigenvalue weighted by atomic mass is 19.1. The summed E-state index contributed by atoms with van der Waals surface area (Å²) in [4.78, 5) is 14.5. The molecule has 4 heteroatoms. The molecule has 0 radical (unpaired) electrons. The Morgan fingerprint density at radius 2 is 1.91 bits per heavy atom. The molecule has 0 fully saturated rings. The van der Waals surface area contributed by atoms with Gasteiger partial charge in [-0.15, -0.1) is 0 Å². The molecule has 2 aromatic carbocycles. The van der Waals surface area contributed by atoms with Crippen LogP contribution in [0.5, 0.6) is 0 Å². The van der Waals surface area contributed by atoms with Gasteiger partial charge in [-0.2, -0.15) is 0 Å². The number of aryl methyl sites for hydroxylation is 1. The zero-order valence-corrected chi connectivity index (χ0v) is 12.9. The Bertz CT molecular complexity index is 913. The van der Waals surface area contributed by atoms with E-state index in [1.165, 1.54) is 22.5 Å². The first-order valence-corrected chi connectivity index (χ1v) is 7.75. The van der Waals surface area contributed by atoms with E-state index in [-0.39, 0.29) is 11.5 Å². The van der Waals surface area contributed by atoms with E-state index in [0.29, 0.717) is 13.1 Å². The second-order valence-corrected chi connectivity index (χ2v) is 6.03. The maximum Gasteiger partial charge on any atom is 0.257 e. The highest BCUT2D eigenvalue weighted by molar-refractivity contribution is 5.95. The molecule has 1 aromatic heterocycles. The Kier molecular flexibility index (Phi) is 3.18. The van der Waals surface area contributed by atoms with E-state index in [1.54, 1.807) is 23.1 Å². The highest BCUT2D eigenvalue weighted by Crippen LogP contribution is 2.29. The summed E-state index contributed by atoms with van der Waals surface area (Å²) in [5.41, 5.74) is 3.70. The molecule has 0 N–H and O–H groups in total. The third-order valence-electron chi connectivity index (χ3n) is 4.58. The van der Waals surface area contributed by atoms with Gasteiger partial charge in [0.2, 0.25) is 0 Å². The number of halogens is 1. The average molecular weight is 308 g/mol. The molecule has 2 heterocycles. The van der Waals surface area contributed by atoms with Crippen molar-refractivity contribution in [3.05, 3.63) is 71.2 Å². The normalized spacial score (nSPS) is 14.1. The van der Waals surface area contributed by atoms with E-state index in [4.69, 9.17) is 0 Å². The molecule has 3 nitrogen and oxygen atoms in total. The Balaban J connectivity index is 1.74. The number of amides is 1. The molecule has 0 saturated heterocycles. The lowest BCUT2D eigenvalue weighted by atomic mass is 10.1. The maximum absolute atomic E-state index is 13.9. The molecule has 4 rings (SSSR count). The van der Waals surface area contributed by atoms with Crippen molar-refractivity contribution >= 4 is 16.8 Å². The molecule has 0 unspecified atom stereocenters. The largest absolute Gasteiger partial charge is 0.350 e. The molecule has 116 valence electrons. The van der Waals surface area contributed by atoms with E-state index in [2.05, 4.69) is 22.9 Å². The molecular weight excluding hydrogens is 291 g/mol. The lowest BCUT2D eigenvalue weighted by molar-refractivity contribution is 0.0743. The minimum absolute atomic E-state index is 0.145. The summed E-state index contributed by atoms with van der Waals surface area (Å²) < 4.78 is 16.1. The number of aromatic nitrogens is 1. The number of hydrogen-bond acceptors (Lipinski definition) is 1. The average Bonchev–Trinajstić information content (AvgIpc) is 2.76. The van der Waals surface area contributed by atoms with Crippen LogP contribution in [0.2, 0.25) is 0 Å². The van der Waals surface area contributed by atoms with Crippen LogP contribution in [-0.2, 0) is 20.0 Å². The van der Waals surface area contributed by atoms with Crippen LogP contribution >= 0.6 is 0 Å². The van der Waals surface area contributed by atoms with Crippen molar-refractivity contribution in [1.82, 2.24) is 9.47 Å². The van der Waals surface area contributed by atoms with Crippen LogP contribution in [0.3, 0.4) is 0 Å². The van der Waals surface area contributed by atoms with Crippen molar-refractivity contribution < 1.29 is 9.18 Å². The van der Waals surface area contributed by atoms with Crippen LogP contribution < -0.4 is 0 Å². The molecule has 1 amide bonds. The van der Waals surface area contributed by atoms with Crippen molar-refractivity contribution in [3.8, 4) is 0 Å². The summed E-state index contributed by atoms with van der Waals surface area (Å²) in [6, 6.07) is 12.3. The van der Waals surface area contributed by atoms with E-state index >= 15 is 0 Å². The SMILES string of the molecule is Cn1cc2c3c(cccc31)CN(C(=O)c1ccccc1F)CC2. The zero-order chi connectivity index (χ0) is 16.0. The van der Waals surface area contributed by atoms with Gasteiger partial charge in [-0.3, -0.25) is 4.79 Å². The van der Waals surface area contributed by atoms with Gasteiger partial charge >= 0.3 is 0 Å². The molecule has 1 aliphatic heterocycles. The van der Waals surface area contributed by atoms with Gasteiger partial charge in [-0.05, 0) is 35.7 Å². The predicted molar refractivity (Wildman–Crippen MR) is 87.8 cm³/mol. The summed E-state index contributed by atoms with van der Waals surface area (Å²) in [7, 11) is 2.04. The lowest BCUT2D eigenvalue weighted by Gasteiger charge is -2.21. The van der Waals surface area contributed by atoms with Crippen LogP contribution in [0.4, 0.5) is 4.39 Å². The van der Waals surface area contributed by atoms with Crippen LogP contribution in [0.15, 0.2) is 48.7 Å². The molecule has 3 aromatic rings. The van der Waals surface area contributed by atoms with Crippen molar-refractivity contribution in [2.24, 2.45) is 7.05 Å². The topological polar surface area (TPSA) is 25.2 Å². The fourth-order valence-corrected chi connectivity index (χ4v) is 3.46. The summed E-state index contributed by atoms with van der Waals surface area (Å²) >= 11 is 0. The van der Waals surface area contributed by atoms with Gasteiger partial charge in [-0.25, -0.2) is 4.39 Å². The summed E-state index contributed by atoms with van der Waals surface area (Å²) in [6.07, 6.45) is 2.92. The summed E-state index contributed by atoms with van der Waals surface area (Å²) in [5, 5.41) is 1.24. The van der Waals surface area contributed by atoms with Crippen molar-refractivity contribution in [2.75, 3.05) is 6.54 Å². The van der Waals surface area contributed by atoms with Gasteiger partial charge in [0.15, 0.2) is 0 Å². The number of rotatable bonds is 1. The van der Waals surface area contributed by atoms with Gasteiger partial charge in [0.05, 0.1) is 5.56 Å². The molecule has 0 atom stereocenters. The summed E-state index contributed by atoms with van der Waals surface area (Å²) in [6.45, 7) is 1.11. The number of carbonyl (C=O) groups is 1. The fourth-order valence-electron chi connectivity index (χ4n) is 3.46. The van der Waals surface area contributed by atoms with E-state index in [0.717, 1.165) is 12.0 Å². The molecule has 1 aliphatic rings. The van der Waals surface area contributed by atoms with Crippen LogP contribution in [0.1, 0.15) is 21.5 Å². The Morgan fingerprint density at radius 3 is 2.74 bits per heavy atom. The minimum atomic E-state index is -0.460. The van der Waals surface area contributed by atoms with Crippen LogP contribution in [0.25, 0.3) is 10.9 Å². The monoisotopic (exact) mass is 308 g/mol. The quantitative estimate of drug-likeness (QED) is 0.675. The predicted octanol–water partition coefficient (Wildman–Crippen LogP) is 3.52. The van der Waals surface area contributed by atoms with Crippen LogP contribution in [0, 0.1) is 5.82 Å². The summed E-state index contributed by atoms with van der Waals surface area (Å²) in [5.74, 6) is -0.701. The van der Waals surface area contributed by atoms with Gasteiger partial charge in [0.25, 0.3) is 5.91 Å². The van der Waals surface area contributed by atoms with Crippen molar-refractivity contribution in [2.45, 2.75) is 13.0 Å². The lowest BCUT2D eigenvalue weighted by Crippen LogP contribution is -2.32. The van der Waals surface area contributed by atoms with Gasteiger partial charge in [-0.1, -0.05) is 24.3 Å². The molecular formula is C19H17FN2O. The smallest absolute Gasteiger partial charge is 0.257 e. The Hall–Kier alpha value is -2.62. The number of nitrogens with zero attached hydrogens (tertiary/aromatic N) is 2. The second kappa shape index (κ2) is 5.23. The standard InChI is InChI=1S/C19H17FN2O/c1-21-11-14-9-10-22(12-13-5-4-8-17(21)18(13)14)19(23)15-6-2-3-7-16(15)20/h2-8,11H,9-10,12H2,1H3. The molecule has 23 heavy (non-hydrogen) atoms. The number of carbonyl (C=O) groups excluding carboxylic acids is 1. The first-order chi connectivity index (χ1) is 11.1. The molecule has 0 bridgehead atoms. The third-order valence-corrected chi connectivity index (χ3v) is 4.58. The highest BCUT2D eigenvalue weighted by Gasteiger charge is 2.24. The van der Waals surface area contributed by atoms with Gasteiger partial charge in [0.1, 0.15) is 5.82 Å². The maximum atomic E-state index is 13.9. The number of benzene rings is 2. The van der Waals surface area contributed by atoms with E-state index < -0.39 is 5.82 Å². The molecule has 0 spiro atoms. The Morgan fingerprint density at radius 1 is 1.09 bits per heavy atom. The second-order valence-electron chi connectivity index (χ2n) is 6.03. The first-order valence-electron chi connectivity index (χ1n) is 7.75. The van der Waals surface area contributed by atoms with E-state index in [1.807, 2.05) is 13.1 Å². The van der Waals surface area contributed by atoms with Crippen LogP contribution in [-0.4, -0.2) is 21.9 Å². The first kappa shape index (κ1) is 14.0. The van der Waals surface area contributed by atoms with Crippen molar-refractivity contribution in [3.63, 3.8) is 0 Å². The van der Waals surface area contributed by atoms with Gasteiger partial charge < -0.3 is 9.47 Å². The molecule has 0 saturated carbocycles. The zero-order valence-electron chi connectivity index (χ0n) is 12.9. The number of hydrogen-bond donors (Lipinski definition) is 0. The molecule has 0 aliphatic carbocycles. The minimum Gasteiger partial charge on any atom is -0.350 e. The van der Waals surface area contributed by atoms with Gasteiger partial charge in [0, 0.05) is 37.2 Å². The fraction of sp³-hybridized carbons (Fsp3) is 0.211. The Labute approximate surface area is 133 Å². The van der Waals surface area contributed by atoms with E-state index in [9.17, 15) is 9.18 Å². The van der Waals surface area contributed by atoms with Crippen molar-refractivity contribution in [1.29, 1.82) is 0 Å².